The second kappa shape index (κ2) is 13.4. The molecule has 0 radical (unpaired) electrons. The van der Waals surface area contributed by atoms with Gasteiger partial charge in [0.1, 0.15) is 10.6 Å². The van der Waals surface area contributed by atoms with E-state index in [0.29, 0.717) is 42.1 Å². The van der Waals surface area contributed by atoms with E-state index in [0.717, 1.165) is 14.9 Å². The molecule has 0 saturated carbocycles. The molecule has 1 aliphatic heterocycles. The van der Waals surface area contributed by atoms with Crippen molar-refractivity contribution in [2.24, 2.45) is 0 Å². The van der Waals surface area contributed by atoms with Gasteiger partial charge in [0.2, 0.25) is 5.91 Å². The number of nitrogens with one attached hydrogen (secondary N) is 2. The minimum absolute atomic E-state index is 0.0933. The van der Waals surface area contributed by atoms with Gasteiger partial charge in [-0.1, -0.05) is 64.1 Å². The number of anilines is 2. The van der Waals surface area contributed by atoms with Gasteiger partial charge >= 0.3 is 0 Å². The van der Waals surface area contributed by atoms with Crippen LogP contribution in [0.25, 0.3) is 0 Å². The molecule has 38 heavy (non-hydrogen) atoms. The van der Waals surface area contributed by atoms with Crippen molar-refractivity contribution in [1.82, 2.24) is 4.90 Å². The SMILES string of the molecule is COCCCN1C(=O)C(Nc2ccc(Br)cc2)=C(Sc2cccc(NC(=O)CCc3ccccc3)c2)C1=O. The molecular formula is C29H28BrN3O4S. The number of ether oxygens (including phenoxy) is 1. The molecule has 0 bridgehead atoms. The highest BCUT2D eigenvalue weighted by atomic mass is 79.9. The van der Waals surface area contributed by atoms with Crippen molar-refractivity contribution in [3.63, 3.8) is 0 Å². The Morgan fingerprint density at radius 2 is 1.71 bits per heavy atom. The van der Waals surface area contributed by atoms with Crippen molar-refractivity contribution < 1.29 is 19.1 Å². The molecule has 0 unspecified atom stereocenters. The molecule has 3 amide bonds. The summed E-state index contributed by atoms with van der Waals surface area (Å²) in [4.78, 5) is 41.4. The molecule has 4 rings (SSSR count). The first-order valence-corrected chi connectivity index (χ1v) is 13.8. The second-order valence-electron chi connectivity index (χ2n) is 8.61. The third-order valence-corrected chi connectivity index (χ3v) is 7.39. The van der Waals surface area contributed by atoms with Crippen molar-refractivity contribution >= 4 is 56.8 Å². The number of benzene rings is 3. The van der Waals surface area contributed by atoms with Crippen LogP contribution in [0, 0.1) is 0 Å². The minimum atomic E-state index is -0.373. The van der Waals surface area contributed by atoms with Crippen molar-refractivity contribution in [3.8, 4) is 0 Å². The lowest BCUT2D eigenvalue weighted by atomic mass is 10.1. The van der Waals surface area contributed by atoms with Gasteiger partial charge in [0, 0.05) is 47.4 Å². The smallest absolute Gasteiger partial charge is 0.278 e. The summed E-state index contributed by atoms with van der Waals surface area (Å²) in [5.74, 6) is -0.820. The summed E-state index contributed by atoms with van der Waals surface area (Å²) in [6, 6.07) is 24.5. The van der Waals surface area contributed by atoms with E-state index in [4.69, 9.17) is 4.74 Å². The molecule has 3 aromatic carbocycles. The average Bonchev–Trinajstić information content (AvgIpc) is 3.13. The maximum Gasteiger partial charge on any atom is 0.278 e. The molecule has 0 spiro atoms. The molecule has 0 fully saturated rings. The topological polar surface area (TPSA) is 87.7 Å². The van der Waals surface area contributed by atoms with Gasteiger partial charge in [0.05, 0.1) is 0 Å². The Morgan fingerprint density at radius 3 is 2.45 bits per heavy atom. The standard InChI is InChI=1S/C29H28BrN3O4S/c1-37-18-6-17-33-28(35)26(32-22-14-12-21(30)13-15-22)27(29(33)36)38-24-10-5-9-23(19-24)31-25(34)16-11-20-7-3-2-4-8-20/h2-5,7-10,12-15,19,32H,6,11,16-18H2,1H3,(H,31,34). The lowest BCUT2D eigenvalue weighted by Crippen LogP contribution is -2.33. The van der Waals surface area contributed by atoms with Crippen LogP contribution >= 0.6 is 27.7 Å². The number of amides is 3. The highest BCUT2D eigenvalue weighted by molar-refractivity contribution is 9.10. The molecule has 1 aliphatic rings. The number of hydrogen-bond donors (Lipinski definition) is 2. The number of imide groups is 1. The van der Waals surface area contributed by atoms with E-state index in [9.17, 15) is 14.4 Å². The normalized spacial score (nSPS) is 13.3. The van der Waals surface area contributed by atoms with E-state index < -0.39 is 0 Å². The van der Waals surface area contributed by atoms with E-state index in [2.05, 4.69) is 26.6 Å². The van der Waals surface area contributed by atoms with Crippen LogP contribution in [0.1, 0.15) is 18.4 Å². The summed E-state index contributed by atoms with van der Waals surface area (Å²) in [6.45, 7) is 0.708. The summed E-state index contributed by atoms with van der Waals surface area (Å²) in [7, 11) is 1.58. The third kappa shape index (κ3) is 7.34. The second-order valence-corrected chi connectivity index (χ2v) is 10.6. The van der Waals surface area contributed by atoms with Gasteiger partial charge < -0.3 is 15.4 Å². The van der Waals surface area contributed by atoms with E-state index in [-0.39, 0.29) is 30.0 Å². The molecule has 9 heteroatoms. The Hall–Kier alpha value is -3.40. The number of methoxy groups -OCH3 is 1. The van der Waals surface area contributed by atoms with Crippen molar-refractivity contribution in [2.45, 2.75) is 24.2 Å². The first kappa shape index (κ1) is 27.6. The van der Waals surface area contributed by atoms with Gasteiger partial charge in [-0.05, 0) is 60.9 Å². The van der Waals surface area contributed by atoms with Crippen molar-refractivity contribution in [1.29, 1.82) is 0 Å². The van der Waals surface area contributed by atoms with Gasteiger partial charge in [0.15, 0.2) is 0 Å². The summed E-state index contributed by atoms with van der Waals surface area (Å²) in [5, 5.41) is 6.08. The van der Waals surface area contributed by atoms with Crippen LogP contribution in [-0.4, -0.2) is 42.9 Å². The van der Waals surface area contributed by atoms with Crippen molar-refractivity contribution in [3.05, 3.63) is 99.5 Å². The third-order valence-electron chi connectivity index (χ3n) is 5.79. The Morgan fingerprint density at radius 1 is 0.947 bits per heavy atom. The van der Waals surface area contributed by atoms with Gasteiger partial charge in [-0.2, -0.15) is 0 Å². The fraction of sp³-hybridized carbons (Fsp3) is 0.207. The van der Waals surface area contributed by atoms with E-state index in [1.54, 1.807) is 19.2 Å². The highest BCUT2D eigenvalue weighted by Gasteiger charge is 2.38. The number of nitrogens with zero attached hydrogens (tertiary/aromatic N) is 1. The fourth-order valence-corrected chi connectivity index (χ4v) is 5.16. The van der Waals surface area contributed by atoms with Crippen molar-refractivity contribution in [2.75, 3.05) is 30.9 Å². The quantitative estimate of drug-likeness (QED) is 0.202. The van der Waals surface area contributed by atoms with Gasteiger partial charge in [0.25, 0.3) is 11.8 Å². The average molecular weight is 595 g/mol. The molecule has 2 N–H and O–H groups in total. The zero-order chi connectivity index (χ0) is 26.9. The number of carbonyl (C=O) groups excluding carboxylic acids is 3. The van der Waals surface area contributed by atoms with Gasteiger partial charge in [-0.3, -0.25) is 19.3 Å². The zero-order valence-electron chi connectivity index (χ0n) is 20.9. The van der Waals surface area contributed by atoms with Crippen LogP contribution in [0.5, 0.6) is 0 Å². The van der Waals surface area contributed by atoms with Crippen LogP contribution in [0.15, 0.2) is 98.8 Å². The van der Waals surface area contributed by atoms with Crippen LogP contribution in [-0.2, 0) is 25.5 Å². The molecular weight excluding hydrogens is 566 g/mol. The van der Waals surface area contributed by atoms with Crippen LogP contribution < -0.4 is 10.6 Å². The first-order valence-electron chi connectivity index (χ1n) is 12.2. The summed E-state index contributed by atoms with van der Waals surface area (Å²) in [5.41, 5.74) is 2.66. The number of carbonyl (C=O) groups is 3. The predicted molar refractivity (Wildman–Crippen MR) is 154 cm³/mol. The van der Waals surface area contributed by atoms with E-state index in [1.165, 1.54) is 16.7 Å². The fourth-order valence-electron chi connectivity index (χ4n) is 3.89. The van der Waals surface area contributed by atoms with Gasteiger partial charge in [-0.25, -0.2) is 0 Å². The Kier molecular flexibility index (Phi) is 9.75. The van der Waals surface area contributed by atoms with Gasteiger partial charge in [-0.15, -0.1) is 0 Å². The molecule has 0 aliphatic carbocycles. The summed E-state index contributed by atoms with van der Waals surface area (Å²) >= 11 is 4.61. The predicted octanol–water partition coefficient (Wildman–Crippen LogP) is 5.84. The number of halogens is 1. The van der Waals surface area contributed by atoms with E-state index >= 15 is 0 Å². The summed E-state index contributed by atoms with van der Waals surface area (Å²) in [6.07, 6.45) is 1.55. The lowest BCUT2D eigenvalue weighted by molar-refractivity contribution is -0.137. The molecule has 7 nitrogen and oxygen atoms in total. The monoisotopic (exact) mass is 593 g/mol. The number of aryl methyl sites for hydroxylation is 1. The number of rotatable bonds is 12. The maximum atomic E-state index is 13.3. The van der Waals surface area contributed by atoms with Crippen LogP contribution in [0.3, 0.4) is 0 Å². The first-order chi connectivity index (χ1) is 18.4. The van der Waals surface area contributed by atoms with E-state index in [1.807, 2.05) is 66.7 Å². The molecule has 0 atom stereocenters. The molecule has 0 saturated heterocycles. The zero-order valence-corrected chi connectivity index (χ0v) is 23.3. The molecule has 1 heterocycles. The van der Waals surface area contributed by atoms with Crippen LogP contribution in [0.2, 0.25) is 0 Å². The number of thioether (sulfide) groups is 1. The highest BCUT2D eigenvalue weighted by Crippen LogP contribution is 2.37. The lowest BCUT2D eigenvalue weighted by Gasteiger charge is -2.14. The molecule has 196 valence electrons. The number of hydrogen-bond acceptors (Lipinski definition) is 6. The Balaban J connectivity index is 1.50. The molecule has 3 aromatic rings. The summed E-state index contributed by atoms with van der Waals surface area (Å²) < 4.78 is 6.00. The largest absolute Gasteiger partial charge is 0.385 e. The Bertz CT molecular complexity index is 1330. The van der Waals surface area contributed by atoms with Crippen LogP contribution in [0.4, 0.5) is 11.4 Å². The Labute approximate surface area is 234 Å². The maximum absolute atomic E-state index is 13.3. The molecule has 0 aromatic heterocycles. The minimum Gasteiger partial charge on any atom is -0.385 e.